The summed E-state index contributed by atoms with van der Waals surface area (Å²) in [5, 5.41) is 8.30. The predicted octanol–water partition coefficient (Wildman–Crippen LogP) is 1.29. The van der Waals surface area contributed by atoms with Crippen LogP contribution in [0.4, 0.5) is 0 Å². The normalized spacial score (nSPS) is 9.55. The van der Waals surface area contributed by atoms with Gasteiger partial charge in [0.25, 0.3) is 0 Å². The topological polar surface area (TPSA) is 33.4 Å². The standard InChI is InChI=1S/C9H8O2/c10-6-3-1-2-4-9-5-7-11-8-9/h2,4-5,7-8,10H,6H2/b4-2+. The molecular formula is C9H8O2. The van der Waals surface area contributed by atoms with E-state index in [1.807, 2.05) is 12.1 Å². The Morgan fingerprint density at radius 2 is 2.55 bits per heavy atom. The predicted molar refractivity (Wildman–Crippen MR) is 42.6 cm³/mol. The summed E-state index contributed by atoms with van der Waals surface area (Å²) in [6.45, 7) is -0.101. The number of hydrogen-bond acceptors (Lipinski definition) is 2. The Hall–Kier alpha value is -1.46. The molecule has 0 amide bonds. The smallest absolute Gasteiger partial charge is 0.104 e. The third kappa shape index (κ3) is 2.74. The molecule has 0 saturated carbocycles. The van der Waals surface area contributed by atoms with Gasteiger partial charge in [0.2, 0.25) is 0 Å². The third-order valence-electron chi connectivity index (χ3n) is 1.08. The number of aliphatic hydroxyl groups excluding tert-OH is 1. The van der Waals surface area contributed by atoms with Crippen LogP contribution in [-0.4, -0.2) is 11.7 Å². The van der Waals surface area contributed by atoms with E-state index in [1.165, 1.54) is 0 Å². The first-order chi connectivity index (χ1) is 5.43. The van der Waals surface area contributed by atoms with E-state index in [2.05, 4.69) is 11.8 Å². The fourth-order valence-electron chi connectivity index (χ4n) is 0.612. The minimum absolute atomic E-state index is 0.101. The van der Waals surface area contributed by atoms with Gasteiger partial charge >= 0.3 is 0 Å². The summed E-state index contributed by atoms with van der Waals surface area (Å²) in [6, 6.07) is 1.83. The van der Waals surface area contributed by atoms with Crippen molar-refractivity contribution in [2.45, 2.75) is 0 Å². The van der Waals surface area contributed by atoms with Crippen molar-refractivity contribution in [1.29, 1.82) is 0 Å². The molecule has 0 aromatic carbocycles. The second kappa shape index (κ2) is 4.37. The van der Waals surface area contributed by atoms with Crippen molar-refractivity contribution in [2.24, 2.45) is 0 Å². The Labute approximate surface area is 65.2 Å². The molecule has 1 rings (SSSR count). The molecule has 0 unspecified atom stereocenters. The van der Waals surface area contributed by atoms with Gasteiger partial charge in [0.15, 0.2) is 0 Å². The van der Waals surface area contributed by atoms with Crippen molar-refractivity contribution in [1.82, 2.24) is 0 Å². The Kier molecular flexibility index (Phi) is 3.04. The van der Waals surface area contributed by atoms with Crippen LogP contribution in [0.15, 0.2) is 29.1 Å². The summed E-state index contributed by atoms with van der Waals surface area (Å²) >= 11 is 0. The van der Waals surface area contributed by atoms with Crippen LogP contribution < -0.4 is 0 Å². The number of hydrogen-bond donors (Lipinski definition) is 1. The number of aliphatic hydroxyl groups is 1. The summed E-state index contributed by atoms with van der Waals surface area (Å²) in [4.78, 5) is 0. The van der Waals surface area contributed by atoms with Crippen LogP contribution in [0.5, 0.6) is 0 Å². The Morgan fingerprint density at radius 1 is 1.64 bits per heavy atom. The zero-order chi connectivity index (χ0) is 7.94. The van der Waals surface area contributed by atoms with Crippen molar-refractivity contribution in [3.63, 3.8) is 0 Å². The van der Waals surface area contributed by atoms with Gasteiger partial charge in [-0.2, -0.15) is 0 Å². The lowest BCUT2D eigenvalue weighted by atomic mass is 10.3. The average molecular weight is 148 g/mol. The maximum atomic E-state index is 8.30. The van der Waals surface area contributed by atoms with E-state index < -0.39 is 0 Å². The van der Waals surface area contributed by atoms with Crippen molar-refractivity contribution in [3.05, 3.63) is 30.2 Å². The Morgan fingerprint density at radius 3 is 3.18 bits per heavy atom. The second-order valence-corrected chi connectivity index (χ2v) is 1.87. The molecule has 11 heavy (non-hydrogen) atoms. The minimum Gasteiger partial charge on any atom is -0.472 e. The van der Waals surface area contributed by atoms with Gasteiger partial charge in [-0.25, -0.2) is 0 Å². The zero-order valence-corrected chi connectivity index (χ0v) is 5.95. The molecule has 0 aliphatic carbocycles. The van der Waals surface area contributed by atoms with Gasteiger partial charge < -0.3 is 9.52 Å². The maximum absolute atomic E-state index is 8.30. The second-order valence-electron chi connectivity index (χ2n) is 1.87. The Balaban J connectivity index is 2.49. The molecule has 0 spiro atoms. The van der Waals surface area contributed by atoms with Crippen LogP contribution in [-0.2, 0) is 0 Å². The molecule has 1 heterocycles. The van der Waals surface area contributed by atoms with E-state index >= 15 is 0 Å². The molecule has 0 bridgehead atoms. The molecule has 1 N–H and O–H groups in total. The number of rotatable bonds is 1. The van der Waals surface area contributed by atoms with E-state index in [1.54, 1.807) is 18.6 Å². The highest BCUT2D eigenvalue weighted by atomic mass is 16.3. The van der Waals surface area contributed by atoms with Crippen LogP contribution in [0.25, 0.3) is 6.08 Å². The molecular weight excluding hydrogens is 140 g/mol. The average Bonchev–Trinajstić information content (AvgIpc) is 2.50. The first-order valence-corrected chi connectivity index (χ1v) is 3.21. The zero-order valence-electron chi connectivity index (χ0n) is 5.95. The van der Waals surface area contributed by atoms with Crippen molar-refractivity contribution < 1.29 is 9.52 Å². The monoisotopic (exact) mass is 148 g/mol. The summed E-state index contributed by atoms with van der Waals surface area (Å²) in [7, 11) is 0. The summed E-state index contributed by atoms with van der Waals surface area (Å²) in [5.74, 6) is 5.15. The molecule has 1 aromatic heterocycles. The van der Waals surface area contributed by atoms with Gasteiger partial charge in [0, 0.05) is 5.56 Å². The number of furan rings is 1. The highest BCUT2D eigenvalue weighted by molar-refractivity contribution is 5.50. The fourth-order valence-corrected chi connectivity index (χ4v) is 0.612. The molecule has 0 saturated heterocycles. The van der Waals surface area contributed by atoms with Gasteiger partial charge in [-0.15, -0.1) is 0 Å². The molecule has 0 atom stereocenters. The molecule has 0 radical (unpaired) electrons. The quantitative estimate of drug-likeness (QED) is 0.609. The van der Waals surface area contributed by atoms with E-state index in [9.17, 15) is 0 Å². The van der Waals surface area contributed by atoms with Gasteiger partial charge in [0.05, 0.1) is 12.5 Å². The van der Waals surface area contributed by atoms with Crippen LogP contribution in [0.2, 0.25) is 0 Å². The molecule has 0 aliphatic heterocycles. The lowest BCUT2D eigenvalue weighted by Crippen LogP contribution is -1.68. The molecule has 0 aliphatic rings. The van der Waals surface area contributed by atoms with Crippen molar-refractivity contribution >= 4 is 6.08 Å². The molecule has 2 heteroatoms. The van der Waals surface area contributed by atoms with Gasteiger partial charge in [0.1, 0.15) is 6.61 Å². The van der Waals surface area contributed by atoms with Gasteiger partial charge in [-0.1, -0.05) is 11.8 Å². The summed E-state index contributed by atoms with van der Waals surface area (Å²) in [5.41, 5.74) is 0.970. The molecule has 2 nitrogen and oxygen atoms in total. The highest BCUT2D eigenvalue weighted by Crippen LogP contribution is 2.00. The van der Waals surface area contributed by atoms with Gasteiger partial charge in [-0.05, 0) is 18.2 Å². The number of allylic oxidation sites excluding steroid dienone is 1. The van der Waals surface area contributed by atoms with Crippen LogP contribution in [0.3, 0.4) is 0 Å². The van der Waals surface area contributed by atoms with E-state index in [4.69, 9.17) is 9.52 Å². The SMILES string of the molecule is OCC#C/C=C/c1ccoc1. The lowest BCUT2D eigenvalue weighted by molar-refractivity contribution is 0.350. The van der Waals surface area contributed by atoms with Crippen LogP contribution in [0, 0.1) is 11.8 Å². The minimum atomic E-state index is -0.101. The van der Waals surface area contributed by atoms with Crippen LogP contribution in [0.1, 0.15) is 5.56 Å². The molecule has 1 aromatic rings. The lowest BCUT2D eigenvalue weighted by Gasteiger charge is -1.74. The maximum Gasteiger partial charge on any atom is 0.104 e. The summed E-state index contributed by atoms with van der Waals surface area (Å²) in [6.07, 6.45) is 6.70. The molecule has 56 valence electrons. The highest BCUT2D eigenvalue weighted by Gasteiger charge is 1.82. The van der Waals surface area contributed by atoms with Crippen molar-refractivity contribution in [3.8, 4) is 11.8 Å². The third-order valence-corrected chi connectivity index (χ3v) is 1.08. The van der Waals surface area contributed by atoms with Crippen LogP contribution >= 0.6 is 0 Å². The largest absolute Gasteiger partial charge is 0.472 e. The van der Waals surface area contributed by atoms with E-state index in [0.717, 1.165) is 5.56 Å². The van der Waals surface area contributed by atoms with Crippen molar-refractivity contribution in [2.75, 3.05) is 6.61 Å². The van der Waals surface area contributed by atoms with E-state index in [0.29, 0.717) is 0 Å². The molecule has 0 fully saturated rings. The summed E-state index contributed by atoms with van der Waals surface area (Å²) < 4.78 is 4.82. The van der Waals surface area contributed by atoms with Gasteiger partial charge in [-0.3, -0.25) is 0 Å². The first kappa shape index (κ1) is 7.64. The fraction of sp³-hybridized carbons (Fsp3) is 0.111. The van der Waals surface area contributed by atoms with E-state index in [-0.39, 0.29) is 6.61 Å². The first-order valence-electron chi connectivity index (χ1n) is 3.21. The Bertz CT molecular complexity index is 272.